The SMILES string of the molecule is O=C(CCc1ccccc1)N1CCC(c2c[nH]c3ccccc23)C1. The number of nitrogens with zero attached hydrogens (tertiary/aromatic N) is 1. The molecule has 2 heterocycles. The number of para-hydroxylation sites is 1. The molecule has 1 aliphatic rings. The molecule has 1 aliphatic heterocycles. The van der Waals surface area contributed by atoms with Crippen LogP contribution in [-0.2, 0) is 11.2 Å². The molecule has 1 unspecified atom stereocenters. The first-order chi connectivity index (χ1) is 11.8. The van der Waals surface area contributed by atoms with E-state index >= 15 is 0 Å². The Morgan fingerprint density at radius 2 is 1.88 bits per heavy atom. The summed E-state index contributed by atoms with van der Waals surface area (Å²) in [5, 5.41) is 1.29. The molecule has 24 heavy (non-hydrogen) atoms. The van der Waals surface area contributed by atoms with Gasteiger partial charge >= 0.3 is 0 Å². The molecule has 1 amide bonds. The number of fused-ring (bicyclic) bond motifs is 1. The molecule has 4 rings (SSSR count). The summed E-state index contributed by atoms with van der Waals surface area (Å²) in [5.74, 6) is 0.725. The van der Waals surface area contributed by atoms with E-state index in [1.165, 1.54) is 22.0 Å². The van der Waals surface area contributed by atoms with E-state index < -0.39 is 0 Å². The molecule has 1 fully saturated rings. The number of carbonyl (C=O) groups excluding carboxylic acids is 1. The fourth-order valence-electron chi connectivity index (χ4n) is 3.73. The number of amides is 1. The Balaban J connectivity index is 1.40. The second-order valence-corrected chi connectivity index (χ2v) is 6.60. The maximum absolute atomic E-state index is 12.5. The molecule has 3 nitrogen and oxygen atoms in total. The molecule has 1 aromatic heterocycles. The molecule has 122 valence electrons. The average molecular weight is 318 g/mol. The number of H-pyrrole nitrogens is 1. The largest absolute Gasteiger partial charge is 0.361 e. The van der Waals surface area contributed by atoms with Crippen molar-refractivity contribution in [3.8, 4) is 0 Å². The van der Waals surface area contributed by atoms with Crippen molar-refractivity contribution in [1.29, 1.82) is 0 Å². The van der Waals surface area contributed by atoms with E-state index in [2.05, 4.69) is 47.6 Å². The summed E-state index contributed by atoms with van der Waals surface area (Å²) in [4.78, 5) is 17.9. The zero-order valence-corrected chi connectivity index (χ0v) is 13.7. The predicted octanol–water partition coefficient (Wildman–Crippen LogP) is 4.12. The van der Waals surface area contributed by atoms with Gasteiger partial charge in [0, 0.05) is 42.5 Å². The van der Waals surface area contributed by atoms with Crippen molar-refractivity contribution < 1.29 is 4.79 Å². The van der Waals surface area contributed by atoms with Crippen LogP contribution in [0.25, 0.3) is 10.9 Å². The molecule has 1 N–H and O–H groups in total. The number of carbonyl (C=O) groups is 1. The van der Waals surface area contributed by atoms with Crippen LogP contribution in [0.2, 0.25) is 0 Å². The first kappa shape index (κ1) is 15.0. The maximum atomic E-state index is 12.5. The lowest BCUT2D eigenvalue weighted by Crippen LogP contribution is -2.28. The minimum atomic E-state index is 0.279. The van der Waals surface area contributed by atoms with Crippen LogP contribution in [0.1, 0.15) is 29.9 Å². The van der Waals surface area contributed by atoms with Crippen molar-refractivity contribution in [3.63, 3.8) is 0 Å². The second kappa shape index (κ2) is 6.52. The van der Waals surface area contributed by atoms with Crippen LogP contribution < -0.4 is 0 Å². The molecule has 0 spiro atoms. The summed E-state index contributed by atoms with van der Waals surface area (Å²) in [6.07, 6.45) is 4.60. The summed E-state index contributed by atoms with van der Waals surface area (Å²) in [7, 11) is 0. The number of nitrogens with one attached hydrogen (secondary N) is 1. The van der Waals surface area contributed by atoms with Gasteiger partial charge in [-0.25, -0.2) is 0 Å². The van der Waals surface area contributed by atoms with Gasteiger partial charge in [-0.1, -0.05) is 48.5 Å². The smallest absolute Gasteiger partial charge is 0.222 e. The van der Waals surface area contributed by atoms with Gasteiger partial charge < -0.3 is 9.88 Å². The zero-order chi connectivity index (χ0) is 16.4. The average Bonchev–Trinajstić information content (AvgIpc) is 3.27. The molecular weight excluding hydrogens is 296 g/mol. The van der Waals surface area contributed by atoms with Crippen molar-refractivity contribution >= 4 is 16.8 Å². The Labute approximate surface area is 142 Å². The van der Waals surface area contributed by atoms with Crippen LogP contribution in [0, 0.1) is 0 Å². The van der Waals surface area contributed by atoms with Crippen LogP contribution in [0.3, 0.4) is 0 Å². The first-order valence-electron chi connectivity index (χ1n) is 8.69. The highest BCUT2D eigenvalue weighted by molar-refractivity contribution is 5.84. The van der Waals surface area contributed by atoms with E-state index in [-0.39, 0.29) is 5.91 Å². The number of aromatic amines is 1. The molecule has 3 aromatic rings. The number of aryl methyl sites for hydroxylation is 1. The highest BCUT2D eigenvalue weighted by Gasteiger charge is 2.28. The lowest BCUT2D eigenvalue weighted by molar-refractivity contribution is -0.130. The van der Waals surface area contributed by atoms with Crippen LogP contribution in [0.5, 0.6) is 0 Å². The normalized spacial score (nSPS) is 17.5. The third kappa shape index (κ3) is 2.94. The van der Waals surface area contributed by atoms with E-state index in [0.717, 1.165) is 25.9 Å². The number of hydrogen-bond acceptors (Lipinski definition) is 1. The Morgan fingerprint density at radius 1 is 1.08 bits per heavy atom. The van der Waals surface area contributed by atoms with E-state index in [4.69, 9.17) is 0 Å². The molecule has 0 saturated carbocycles. The number of aromatic nitrogens is 1. The summed E-state index contributed by atoms with van der Waals surface area (Å²) in [6.45, 7) is 1.72. The van der Waals surface area contributed by atoms with Gasteiger partial charge in [0.1, 0.15) is 0 Å². The monoisotopic (exact) mass is 318 g/mol. The molecule has 0 radical (unpaired) electrons. The lowest BCUT2D eigenvalue weighted by atomic mass is 9.98. The van der Waals surface area contributed by atoms with Crippen LogP contribution in [-0.4, -0.2) is 28.9 Å². The van der Waals surface area contributed by atoms with Gasteiger partial charge in [0.25, 0.3) is 0 Å². The summed E-state index contributed by atoms with van der Waals surface area (Å²) in [6, 6.07) is 18.7. The minimum absolute atomic E-state index is 0.279. The number of likely N-dealkylation sites (tertiary alicyclic amines) is 1. The van der Waals surface area contributed by atoms with Crippen molar-refractivity contribution in [3.05, 3.63) is 71.9 Å². The quantitative estimate of drug-likeness (QED) is 0.772. The van der Waals surface area contributed by atoms with Crippen molar-refractivity contribution in [1.82, 2.24) is 9.88 Å². The highest BCUT2D eigenvalue weighted by atomic mass is 16.2. The van der Waals surface area contributed by atoms with Crippen LogP contribution >= 0.6 is 0 Å². The van der Waals surface area contributed by atoms with Crippen molar-refractivity contribution in [2.45, 2.75) is 25.2 Å². The van der Waals surface area contributed by atoms with E-state index in [1.807, 2.05) is 23.1 Å². The number of rotatable bonds is 4. The maximum Gasteiger partial charge on any atom is 0.222 e. The topological polar surface area (TPSA) is 36.1 Å². The van der Waals surface area contributed by atoms with Gasteiger partial charge in [-0.2, -0.15) is 0 Å². The fraction of sp³-hybridized carbons (Fsp3) is 0.286. The van der Waals surface area contributed by atoms with Gasteiger partial charge in [0.2, 0.25) is 5.91 Å². The molecule has 0 bridgehead atoms. The Morgan fingerprint density at radius 3 is 2.75 bits per heavy atom. The Bertz CT molecular complexity index is 837. The second-order valence-electron chi connectivity index (χ2n) is 6.60. The van der Waals surface area contributed by atoms with Crippen LogP contribution in [0.4, 0.5) is 0 Å². The molecular formula is C21H22N2O. The van der Waals surface area contributed by atoms with E-state index in [0.29, 0.717) is 12.3 Å². The van der Waals surface area contributed by atoms with Gasteiger partial charge in [0.05, 0.1) is 0 Å². The van der Waals surface area contributed by atoms with Crippen molar-refractivity contribution in [2.24, 2.45) is 0 Å². The molecule has 1 atom stereocenters. The van der Waals surface area contributed by atoms with E-state index in [9.17, 15) is 4.79 Å². The molecule has 1 saturated heterocycles. The highest BCUT2D eigenvalue weighted by Crippen LogP contribution is 2.32. The minimum Gasteiger partial charge on any atom is -0.361 e. The summed E-state index contributed by atoms with van der Waals surface area (Å²) in [5.41, 5.74) is 3.77. The van der Waals surface area contributed by atoms with Gasteiger partial charge in [-0.3, -0.25) is 4.79 Å². The summed E-state index contributed by atoms with van der Waals surface area (Å²) >= 11 is 0. The summed E-state index contributed by atoms with van der Waals surface area (Å²) < 4.78 is 0. The predicted molar refractivity (Wildman–Crippen MR) is 97.0 cm³/mol. The fourth-order valence-corrected chi connectivity index (χ4v) is 3.73. The van der Waals surface area contributed by atoms with Crippen molar-refractivity contribution in [2.75, 3.05) is 13.1 Å². The third-order valence-corrected chi connectivity index (χ3v) is 5.07. The van der Waals surface area contributed by atoms with Gasteiger partial charge in [-0.15, -0.1) is 0 Å². The standard InChI is InChI=1S/C21H22N2O/c24-21(11-10-16-6-2-1-3-7-16)23-13-12-17(15-23)19-14-22-20-9-5-4-8-18(19)20/h1-9,14,17,22H,10-13,15H2. The number of hydrogen-bond donors (Lipinski definition) is 1. The van der Waals surface area contributed by atoms with Gasteiger partial charge in [-0.05, 0) is 30.0 Å². The first-order valence-corrected chi connectivity index (χ1v) is 8.69. The van der Waals surface area contributed by atoms with Crippen LogP contribution in [0.15, 0.2) is 60.8 Å². The van der Waals surface area contributed by atoms with E-state index in [1.54, 1.807) is 0 Å². The van der Waals surface area contributed by atoms with Gasteiger partial charge in [0.15, 0.2) is 0 Å². The molecule has 2 aromatic carbocycles. The lowest BCUT2D eigenvalue weighted by Gasteiger charge is -2.16. The Hall–Kier alpha value is -2.55. The molecule has 3 heteroatoms. The number of benzene rings is 2. The molecule has 0 aliphatic carbocycles. The zero-order valence-electron chi connectivity index (χ0n) is 13.7. The third-order valence-electron chi connectivity index (χ3n) is 5.07. The Kier molecular flexibility index (Phi) is 4.08.